The molecule has 3 heteroatoms. The Labute approximate surface area is 108 Å². The number of hydrogen-bond donors (Lipinski definition) is 1. The van der Waals surface area contributed by atoms with Crippen LogP contribution in [0.25, 0.3) is 0 Å². The summed E-state index contributed by atoms with van der Waals surface area (Å²) in [6.07, 6.45) is 4.77. The summed E-state index contributed by atoms with van der Waals surface area (Å²) in [5.41, 5.74) is 1.35. The highest BCUT2D eigenvalue weighted by molar-refractivity contribution is 5.44. The molecule has 1 aromatic rings. The molecule has 1 fully saturated rings. The van der Waals surface area contributed by atoms with E-state index in [9.17, 15) is 0 Å². The predicted molar refractivity (Wildman–Crippen MR) is 71.2 cm³/mol. The second-order valence-electron chi connectivity index (χ2n) is 5.36. The van der Waals surface area contributed by atoms with Gasteiger partial charge in [-0.05, 0) is 44.0 Å². The van der Waals surface area contributed by atoms with Gasteiger partial charge in [0.05, 0.1) is 7.11 Å². The van der Waals surface area contributed by atoms with E-state index in [0.29, 0.717) is 6.04 Å². The Kier molecular flexibility index (Phi) is 2.94. The lowest BCUT2D eigenvalue weighted by Crippen LogP contribution is -2.49. The van der Waals surface area contributed by atoms with Crippen LogP contribution in [0.1, 0.15) is 44.2 Å². The van der Waals surface area contributed by atoms with Crippen molar-refractivity contribution in [1.29, 1.82) is 0 Å². The van der Waals surface area contributed by atoms with Gasteiger partial charge >= 0.3 is 0 Å². The number of hydrogen-bond acceptors (Lipinski definition) is 3. The molecule has 3 nitrogen and oxygen atoms in total. The van der Waals surface area contributed by atoms with Crippen LogP contribution in [0.15, 0.2) is 18.2 Å². The topological polar surface area (TPSA) is 30.5 Å². The first-order valence-electron chi connectivity index (χ1n) is 6.87. The summed E-state index contributed by atoms with van der Waals surface area (Å²) >= 11 is 0. The van der Waals surface area contributed by atoms with Gasteiger partial charge in [-0.1, -0.05) is 6.92 Å². The van der Waals surface area contributed by atoms with E-state index in [1.54, 1.807) is 7.11 Å². The van der Waals surface area contributed by atoms with Crippen molar-refractivity contribution < 1.29 is 9.47 Å². The minimum atomic E-state index is 0.106. The number of methoxy groups -OCH3 is 1. The summed E-state index contributed by atoms with van der Waals surface area (Å²) in [6.45, 7) is 3.14. The number of ether oxygens (including phenoxy) is 2. The SMILES string of the molecule is CCNC1CC2(CCC2)Oc2ccc(OC)cc21. The van der Waals surface area contributed by atoms with Gasteiger partial charge in [0.25, 0.3) is 0 Å². The van der Waals surface area contributed by atoms with Gasteiger partial charge in [0.2, 0.25) is 0 Å². The maximum Gasteiger partial charge on any atom is 0.125 e. The minimum Gasteiger partial charge on any atom is -0.497 e. The van der Waals surface area contributed by atoms with Crippen molar-refractivity contribution in [3.8, 4) is 11.5 Å². The van der Waals surface area contributed by atoms with Crippen LogP contribution in [0, 0.1) is 0 Å². The van der Waals surface area contributed by atoms with Gasteiger partial charge in [0, 0.05) is 18.0 Å². The highest BCUT2D eigenvalue weighted by atomic mass is 16.5. The van der Waals surface area contributed by atoms with Gasteiger partial charge in [-0.3, -0.25) is 0 Å². The van der Waals surface area contributed by atoms with Gasteiger partial charge in [-0.15, -0.1) is 0 Å². The van der Waals surface area contributed by atoms with E-state index >= 15 is 0 Å². The molecule has 1 heterocycles. The van der Waals surface area contributed by atoms with E-state index < -0.39 is 0 Å². The summed E-state index contributed by atoms with van der Waals surface area (Å²) in [5.74, 6) is 1.94. The highest BCUT2D eigenvalue weighted by Crippen LogP contribution is 2.49. The molecule has 98 valence electrons. The second kappa shape index (κ2) is 4.47. The van der Waals surface area contributed by atoms with Crippen LogP contribution < -0.4 is 14.8 Å². The number of rotatable bonds is 3. The van der Waals surface area contributed by atoms with Crippen molar-refractivity contribution in [3.63, 3.8) is 0 Å². The standard InChI is InChI=1S/C15H21NO2/c1-3-16-13-10-15(7-4-8-15)18-14-6-5-11(17-2)9-12(13)14/h5-6,9,13,16H,3-4,7-8,10H2,1-2H3. The monoisotopic (exact) mass is 247 g/mol. The summed E-state index contributed by atoms with van der Waals surface area (Å²) in [4.78, 5) is 0. The Morgan fingerprint density at radius 1 is 1.44 bits per heavy atom. The van der Waals surface area contributed by atoms with Crippen molar-refractivity contribution in [2.45, 2.75) is 44.2 Å². The smallest absolute Gasteiger partial charge is 0.125 e. The van der Waals surface area contributed by atoms with Crippen LogP contribution in [0.2, 0.25) is 0 Å². The summed E-state index contributed by atoms with van der Waals surface area (Å²) in [7, 11) is 1.71. The van der Waals surface area contributed by atoms with E-state index in [0.717, 1.165) is 24.5 Å². The van der Waals surface area contributed by atoms with Crippen molar-refractivity contribution in [2.75, 3.05) is 13.7 Å². The zero-order valence-electron chi connectivity index (χ0n) is 11.2. The average molecular weight is 247 g/mol. The van der Waals surface area contributed by atoms with Gasteiger partial charge in [-0.25, -0.2) is 0 Å². The molecule has 18 heavy (non-hydrogen) atoms. The molecule has 0 saturated heterocycles. The maximum absolute atomic E-state index is 6.24. The summed E-state index contributed by atoms with van der Waals surface area (Å²) < 4.78 is 11.6. The number of benzene rings is 1. The van der Waals surface area contributed by atoms with Gasteiger partial charge in [0.15, 0.2) is 0 Å². The Balaban J connectivity index is 1.95. The Hall–Kier alpha value is -1.22. The van der Waals surface area contributed by atoms with Gasteiger partial charge in [0.1, 0.15) is 17.1 Å². The van der Waals surface area contributed by atoms with Crippen LogP contribution in [0.4, 0.5) is 0 Å². The molecule has 1 saturated carbocycles. The van der Waals surface area contributed by atoms with Crippen LogP contribution in [0.5, 0.6) is 11.5 Å². The highest BCUT2D eigenvalue weighted by Gasteiger charge is 2.45. The molecule has 0 aromatic heterocycles. The minimum absolute atomic E-state index is 0.106. The van der Waals surface area contributed by atoms with Gasteiger partial charge in [-0.2, -0.15) is 0 Å². The molecule has 1 unspecified atom stereocenters. The first-order valence-corrected chi connectivity index (χ1v) is 6.87. The Bertz CT molecular complexity index is 440. The first-order chi connectivity index (χ1) is 8.76. The fourth-order valence-electron chi connectivity index (χ4n) is 3.08. The molecule has 1 aliphatic carbocycles. The third kappa shape index (κ3) is 1.87. The molecule has 1 aliphatic heterocycles. The Morgan fingerprint density at radius 3 is 2.89 bits per heavy atom. The molecule has 1 aromatic carbocycles. The molecule has 1 N–H and O–H groups in total. The van der Waals surface area contributed by atoms with E-state index in [1.807, 2.05) is 6.07 Å². The zero-order valence-corrected chi connectivity index (χ0v) is 11.2. The average Bonchev–Trinajstić information content (AvgIpc) is 2.36. The molecule has 0 amide bonds. The quantitative estimate of drug-likeness (QED) is 0.890. The van der Waals surface area contributed by atoms with E-state index in [4.69, 9.17) is 9.47 Å². The number of nitrogens with one attached hydrogen (secondary N) is 1. The lowest BCUT2D eigenvalue weighted by Gasteiger charge is -2.48. The van der Waals surface area contributed by atoms with E-state index in [1.165, 1.54) is 24.8 Å². The Morgan fingerprint density at radius 2 is 2.28 bits per heavy atom. The van der Waals surface area contributed by atoms with Crippen molar-refractivity contribution >= 4 is 0 Å². The molecular weight excluding hydrogens is 226 g/mol. The normalized spacial score (nSPS) is 24.0. The van der Waals surface area contributed by atoms with Crippen molar-refractivity contribution in [2.24, 2.45) is 0 Å². The predicted octanol–water partition coefficient (Wildman–Crippen LogP) is 3.05. The fourth-order valence-corrected chi connectivity index (χ4v) is 3.08. The molecule has 3 rings (SSSR count). The molecule has 1 spiro atoms. The maximum atomic E-state index is 6.24. The fraction of sp³-hybridized carbons (Fsp3) is 0.600. The number of fused-ring (bicyclic) bond motifs is 1. The summed E-state index contributed by atoms with van der Waals surface area (Å²) in [5, 5.41) is 3.58. The van der Waals surface area contributed by atoms with Crippen LogP contribution in [-0.4, -0.2) is 19.3 Å². The van der Waals surface area contributed by atoms with Gasteiger partial charge < -0.3 is 14.8 Å². The van der Waals surface area contributed by atoms with Crippen molar-refractivity contribution in [3.05, 3.63) is 23.8 Å². The van der Waals surface area contributed by atoms with E-state index in [-0.39, 0.29) is 5.60 Å². The van der Waals surface area contributed by atoms with Crippen LogP contribution in [0.3, 0.4) is 0 Å². The zero-order chi connectivity index (χ0) is 12.6. The lowest BCUT2D eigenvalue weighted by molar-refractivity contribution is -0.0367. The first kappa shape index (κ1) is 11.8. The van der Waals surface area contributed by atoms with Crippen LogP contribution in [-0.2, 0) is 0 Å². The third-order valence-electron chi connectivity index (χ3n) is 4.21. The molecular formula is C15H21NO2. The third-order valence-corrected chi connectivity index (χ3v) is 4.21. The van der Waals surface area contributed by atoms with Crippen LogP contribution >= 0.6 is 0 Å². The van der Waals surface area contributed by atoms with E-state index in [2.05, 4.69) is 24.4 Å². The molecule has 0 bridgehead atoms. The molecule has 1 atom stereocenters. The lowest BCUT2D eigenvalue weighted by atomic mass is 9.73. The molecule has 2 aliphatic rings. The van der Waals surface area contributed by atoms with Crippen molar-refractivity contribution in [1.82, 2.24) is 5.32 Å². The molecule has 0 radical (unpaired) electrons. The largest absolute Gasteiger partial charge is 0.497 e. The summed E-state index contributed by atoms with van der Waals surface area (Å²) in [6, 6.07) is 6.54. The second-order valence-corrected chi connectivity index (χ2v) is 5.36.